The number of hydrogen-bond acceptors (Lipinski definition) is 3. The maximum absolute atomic E-state index is 11.1. The number of aromatic nitrogens is 2. The van der Waals surface area contributed by atoms with Gasteiger partial charge in [0, 0.05) is 10.7 Å². The summed E-state index contributed by atoms with van der Waals surface area (Å²) in [5, 5.41) is 4.11. The van der Waals surface area contributed by atoms with E-state index in [9.17, 15) is 8.42 Å². The van der Waals surface area contributed by atoms with Gasteiger partial charge < -0.3 is 0 Å². The van der Waals surface area contributed by atoms with E-state index in [-0.39, 0.29) is 16.1 Å². The Balaban J connectivity index is 2.39. The van der Waals surface area contributed by atoms with Crippen molar-refractivity contribution in [3.63, 3.8) is 0 Å². The highest BCUT2D eigenvalue weighted by Crippen LogP contribution is 2.34. The van der Waals surface area contributed by atoms with Gasteiger partial charge in [0.25, 0.3) is 9.05 Å². The Bertz CT molecular complexity index is 463. The quantitative estimate of drug-likeness (QED) is 0.775. The van der Waals surface area contributed by atoms with E-state index in [0.717, 1.165) is 25.7 Å². The Labute approximate surface area is 97.6 Å². The van der Waals surface area contributed by atoms with Gasteiger partial charge in [-0.2, -0.15) is 5.10 Å². The van der Waals surface area contributed by atoms with Gasteiger partial charge >= 0.3 is 0 Å². The van der Waals surface area contributed by atoms with Crippen molar-refractivity contribution < 1.29 is 8.42 Å². The van der Waals surface area contributed by atoms with E-state index in [1.165, 1.54) is 6.20 Å². The molecule has 0 spiro atoms. The van der Waals surface area contributed by atoms with E-state index < -0.39 is 9.05 Å². The molecule has 0 radical (unpaired) electrons. The number of nitrogens with zero attached hydrogens (tertiary/aromatic N) is 2. The molecule has 0 atom stereocenters. The summed E-state index contributed by atoms with van der Waals surface area (Å²) < 4.78 is 23.8. The SMILES string of the molecule is O=S(=O)(Cl)c1cnn(C2CCCC2)c1Cl. The molecule has 1 aliphatic carbocycles. The summed E-state index contributed by atoms with van der Waals surface area (Å²) in [7, 11) is 1.43. The van der Waals surface area contributed by atoms with Gasteiger partial charge in [0.15, 0.2) is 0 Å². The first-order chi connectivity index (χ1) is 7.00. The van der Waals surface area contributed by atoms with Crippen molar-refractivity contribution in [2.75, 3.05) is 0 Å². The molecule has 7 heteroatoms. The molecule has 0 saturated heterocycles. The zero-order chi connectivity index (χ0) is 11.1. The molecule has 2 rings (SSSR count). The van der Waals surface area contributed by atoms with Crippen molar-refractivity contribution >= 4 is 31.3 Å². The molecule has 0 aromatic carbocycles. The van der Waals surface area contributed by atoms with Gasteiger partial charge in [-0.15, -0.1) is 0 Å². The second-order valence-corrected chi connectivity index (χ2v) is 6.51. The van der Waals surface area contributed by atoms with Gasteiger partial charge in [0.2, 0.25) is 0 Å². The number of halogens is 2. The fourth-order valence-electron chi connectivity index (χ4n) is 1.90. The van der Waals surface area contributed by atoms with Crippen molar-refractivity contribution in [1.29, 1.82) is 0 Å². The molecular weight excluding hydrogens is 259 g/mol. The molecule has 1 saturated carbocycles. The summed E-state index contributed by atoms with van der Waals surface area (Å²) in [5.41, 5.74) is 0. The molecule has 1 aromatic heterocycles. The Morgan fingerprint density at radius 2 is 2.00 bits per heavy atom. The summed E-state index contributed by atoms with van der Waals surface area (Å²) in [6, 6.07) is 0.213. The number of hydrogen-bond donors (Lipinski definition) is 0. The van der Waals surface area contributed by atoms with Gasteiger partial charge in [0.1, 0.15) is 10.0 Å². The van der Waals surface area contributed by atoms with E-state index in [1.54, 1.807) is 4.68 Å². The first kappa shape index (κ1) is 11.2. The fourth-order valence-corrected chi connectivity index (χ4v) is 3.36. The smallest absolute Gasteiger partial charge is 0.250 e. The van der Waals surface area contributed by atoms with Crippen LogP contribution in [-0.4, -0.2) is 18.2 Å². The van der Waals surface area contributed by atoms with E-state index in [4.69, 9.17) is 22.3 Å². The van der Waals surface area contributed by atoms with Crippen LogP contribution in [0.4, 0.5) is 0 Å². The van der Waals surface area contributed by atoms with Crippen LogP contribution in [0.2, 0.25) is 5.15 Å². The average molecular weight is 269 g/mol. The summed E-state index contributed by atoms with van der Waals surface area (Å²) in [4.78, 5) is -0.0993. The van der Waals surface area contributed by atoms with Gasteiger partial charge in [-0.25, -0.2) is 13.1 Å². The minimum atomic E-state index is -3.79. The average Bonchev–Trinajstić information content (AvgIpc) is 2.69. The molecule has 0 amide bonds. The molecule has 0 N–H and O–H groups in total. The van der Waals surface area contributed by atoms with Crippen LogP contribution in [0, 0.1) is 0 Å². The second kappa shape index (κ2) is 3.96. The van der Waals surface area contributed by atoms with E-state index in [0.29, 0.717) is 0 Å². The standard InChI is InChI=1S/C8H10Cl2N2O2S/c9-8-7(15(10,13)14)5-11-12(8)6-3-1-2-4-6/h5-6H,1-4H2. The lowest BCUT2D eigenvalue weighted by atomic mass is 10.3. The zero-order valence-electron chi connectivity index (χ0n) is 7.86. The summed E-state index contributed by atoms with van der Waals surface area (Å²) in [6.45, 7) is 0. The highest BCUT2D eigenvalue weighted by Gasteiger charge is 2.25. The molecule has 0 unspecified atom stereocenters. The minimum absolute atomic E-state index is 0.0993. The lowest BCUT2D eigenvalue weighted by Gasteiger charge is -2.10. The molecule has 1 fully saturated rings. The van der Waals surface area contributed by atoms with Crippen LogP contribution in [0.25, 0.3) is 0 Å². The van der Waals surface area contributed by atoms with Crippen LogP contribution in [0.1, 0.15) is 31.7 Å². The van der Waals surface area contributed by atoms with Crippen molar-refractivity contribution in [2.24, 2.45) is 0 Å². The number of rotatable bonds is 2. The maximum atomic E-state index is 11.1. The molecule has 1 heterocycles. The highest BCUT2D eigenvalue weighted by atomic mass is 35.7. The van der Waals surface area contributed by atoms with Gasteiger partial charge in [-0.1, -0.05) is 24.4 Å². The first-order valence-electron chi connectivity index (χ1n) is 4.68. The van der Waals surface area contributed by atoms with Gasteiger partial charge in [-0.05, 0) is 12.8 Å². The molecule has 1 aliphatic rings. The molecule has 4 nitrogen and oxygen atoms in total. The maximum Gasteiger partial charge on any atom is 0.265 e. The third kappa shape index (κ3) is 2.14. The third-order valence-electron chi connectivity index (χ3n) is 2.64. The fraction of sp³-hybridized carbons (Fsp3) is 0.625. The monoisotopic (exact) mass is 268 g/mol. The molecule has 15 heavy (non-hydrogen) atoms. The van der Waals surface area contributed by atoms with Crippen LogP contribution in [0.3, 0.4) is 0 Å². The summed E-state index contributed by atoms with van der Waals surface area (Å²) >= 11 is 5.93. The topological polar surface area (TPSA) is 52.0 Å². The zero-order valence-corrected chi connectivity index (χ0v) is 10.2. The predicted molar refractivity (Wildman–Crippen MR) is 57.8 cm³/mol. The molecule has 84 valence electrons. The van der Waals surface area contributed by atoms with E-state index >= 15 is 0 Å². The van der Waals surface area contributed by atoms with Crippen LogP contribution >= 0.6 is 22.3 Å². The van der Waals surface area contributed by atoms with Crippen molar-refractivity contribution in [2.45, 2.75) is 36.6 Å². The Morgan fingerprint density at radius 1 is 1.40 bits per heavy atom. The third-order valence-corrected chi connectivity index (χ3v) is 4.45. The Kier molecular flexibility index (Phi) is 2.96. The van der Waals surface area contributed by atoms with Crippen molar-refractivity contribution in [3.05, 3.63) is 11.3 Å². The Hall–Kier alpha value is -0.260. The first-order valence-corrected chi connectivity index (χ1v) is 7.36. The largest absolute Gasteiger partial charge is 0.265 e. The van der Waals surface area contributed by atoms with Crippen molar-refractivity contribution in [3.8, 4) is 0 Å². The molecule has 0 aliphatic heterocycles. The lowest BCUT2D eigenvalue weighted by Crippen LogP contribution is -2.06. The van der Waals surface area contributed by atoms with Crippen LogP contribution < -0.4 is 0 Å². The van der Waals surface area contributed by atoms with Crippen LogP contribution in [0.15, 0.2) is 11.1 Å². The van der Waals surface area contributed by atoms with Crippen LogP contribution in [0.5, 0.6) is 0 Å². The lowest BCUT2D eigenvalue weighted by molar-refractivity contribution is 0.467. The Morgan fingerprint density at radius 3 is 2.47 bits per heavy atom. The van der Waals surface area contributed by atoms with E-state index in [2.05, 4.69) is 5.10 Å². The normalized spacial score (nSPS) is 18.5. The van der Waals surface area contributed by atoms with Crippen LogP contribution in [-0.2, 0) is 9.05 Å². The molecule has 0 bridgehead atoms. The minimum Gasteiger partial charge on any atom is -0.250 e. The summed E-state index contributed by atoms with van der Waals surface area (Å²) in [5.74, 6) is 0. The molecule has 1 aromatic rings. The van der Waals surface area contributed by atoms with Crippen molar-refractivity contribution in [1.82, 2.24) is 9.78 Å². The van der Waals surface area contributed by atoms with Gasteiger partial charge in [-0.3, -0.25) is 0 Å². The molecular formula is C8H10Cl2N2O2S. The predicted octanol–water partition coefficient (Wildman–Crippen LogP) is 2.58. The van der Waals surface area contributed by atoms with E-state index in [1.807, 2.05) is 0 Å². The highest BCUT2D eigenvalue weighted by molar-refractivity contribution is 8.13. The summed E-state index contributed by atoms with van der Waals surface area (Å²) in [6.07, 6.45) is 5.45. The van der Waals surface area contributed by atoms with Gasteiger partial charge in [0.05, 0.1) is 12.2 Å². The second-order valence-electron chi connectivity index (χ2n) is 3.62.